The molecule has 1 saturated heterocycles. The Kier molecular flexibility index (Phi) is 4.59. The highest BCUT2D eigenvalue weighted by Crippen LogP contribution is 2.10. The molecular weight excluding hydrogens is 192 g/mol. The number of likely N-dealkylation sites (tertiary alicyclic amines) is 1. The van der Waals surface area contributed by atoms with E-state index in [1.807, 2.05) is 6.92 Å². The first-order chi connectivity index (χ1) is 7.15. The summed E-state index contributed by atoms with van der Waals surface area (Å²) in [6, 6.07) is 0. The molecule has 4 heteroatoms. The smallest absolute Gasteiger partial charge is 0.241 e. The van der Waals surface area contributed by atoms with Gasteiger partial charge < -0.3 is 9.80 Å². The lowest BCUT2D eigenvalue weighted by Crippen LogP contribution is -2.41. The first kappa shape index (κ1) is 12.0. The van der Waals surface area contributed by atoms with Gasteiger partial charge in [-0.1, -0.05) is 6.42 Å². The van der Waals surface area contributed by atoms with Gasteiger partial charge in [0.25, 0.3) is 0 Å². The van der Waals surface area contributed by atoms with Crippen LogP contribution in [-0.2, 0) is 9.59 Å². The van der Waals surface area contributed by atoms with E-state index in [0.29, 0.717) is 13.0 Å². The zero-order valence-electron chi connectivity index (χ0n) is 9.66. The van der Waals surface area contributed by atoms with Crippen molar-refractivity contribution in [3.8, 4) is 0 Å². The van der Waals surface area contributed by atoms with Gasteiger partial charge in [0.1, 0.15) is 0 Å². The fourth-order valence-corrected chi connectivity index (χ4v) is 1.67. The summed E-state index contributed by atoms with van der Waals surface area (Å²) in [7, 11) is 1.77. The van der Waals surface area contributed by atoms with Crippen molar-refractivity contribution >= 4 is 11.8 Å². The van der Waals surface area contributed by atoms with Crippen molar-refractivity contribution in [2.24, 2.45) is 0 Å². The molecule has 2 amide bonds. The van der Waals surface area contributed by atoms with Crippen LogP contribution in [0.15, 0.2) is 0 Å². The zero-order valence-corrected chi connectivity index (χ0v) is 9.66. The van der Waals surface area contributed by atoms with Crippen LogP contribution in [0, 0.1) is 0 Å². The number of hydrogen-bond donors (Lipinski definition) is 0. The van der Waals surface area contributed by atoms with Gasteiger partial charge >= 0.3 is 0 Å². The topological polar surface area (TPSA) is 40.6 Å². The molecule has 0 aromatic rings. The van der Waals surface area contributed by atoms with Crippen LogP contribution in [0.25, 0.3) is 0 Å². The van der Waals surface area contributed by atoms with Crippen LogP contribution in [0.5, 0.6) is 0 Å². The molecule has 0 aromatic heterocycles. The Labute approximate surface area is 91.2 Å². The standard InChI is InChI=1S/C11H20N2O2/c1-3-12(2)11(15)9-13-8-6-4-5-7-10(13)14/h3-9H2,1-2H3. The molecule has 15 heavy (non-hydrogen) atoms. The third kappa shape index (κ3) is 3.53. The number of carbonyl (C=O) groups excluding carboxylic acids is 2. The van der Waals surface area contributed by atoms with Crippen molar-refractivity contribution in [1.29, 1.82) is 0 Å². The Balaban J connectivity index is 2.47. The SMILES string of the molecule is CCN(C)C(=O)CN1CCCCCC1=O. The van der Waals surface area contributed by atoms with E-state index in [9.17, 15) is 9.59 Å². The third-order valence-electron chi connectivity index (χ3n) is 2.90. The molecule has 1 aliphatic heterocycles. The minimum Gasteiger partial charge on any atom is -0.345 e. The molecule has 0 aromatic carbocycles. The predicted molar refractivity (Wildman–Crippen MR) is 58.4 cm³/mol. The normalized spacial score (nSPS) is 17.5. The van der Waals surface area contributed by atoms with Crippen LogP contribution in [0.4, 0.5) is 0 Å². The third-order valence-corrected chi connectivity index (χ3v) is 2.90. The highest BCUT2D eigenvalue weighted by molar-refractivity contribution is 5.84. The van der Waals surface area contributed by atoms with Crippen molar-refractivity contribution in [3.05, 3.63) is 0 Å². The van der Waals surface area contributed by atoms with E-state index in [1.54, 1.807) is 16.8 Å². The molecular formula is C11H20N2O2. The van der Waals surface area contributed by atoms with E-state index in [2.05, 4.69) is 0 Å². The highest BCUT2D eigenvalue weighted by Gasteiger charge is 2.20. The average Bonchev–Trinajstić information content (AvgIpc) is 2.43. The van der Waals surface area contributed by atoms with Crippen molar-refractivity contribution in [3.63, 3.8) is 0 Å². The minimum absolute atomic E-state index is 0.0350. The van der Waals surface area contributed by atoms with Crippen LogP contribution >= 0.6 is 0 Å². The lowest BCUT2D eigenvalue weighted by atomic mass is 10.2. The Morgan fingerprint density at radius 3 is 2.80 bits per heavy atom. The summed E-state index contributed by atoms with van der Waals surface area (Å²) >= 11 is 0. The molecule has 1 heterocycles. The van der Waals surface area contributed by atoms with Gasteiger partial charge in [-0.3, -0.25) is 9.59 Å². The van der Waals surface area contributed by atoms with Gasteiger partial charge in [0.05, 0.1) is 6.54 Å². The van der Waals surface area contributed by atoms with Gasteiger partial charge in [-0.05, 0) is 19.8 Å². The van der Waals surface area contributed by atoms with Gasteiger partial charge in [-0.2, -0.15) is 0 Å². The maximum Gasteiger partial charge on any atom is 0.241 e. The second-order valence-electron chi connectivity index (χ2n) is 4.03. The molecule has 0 unspecified atom stereocenters. The Bertz CT molecular complexity index is 241. The fraction of sp³-hybridized carbons (Fsp3) is 0.818. The van der Waals surface area contributed by atoms with E-state index in [1.165, 1.54) is 0 Å². The van der Waals surface area contributed by atoms with Gasteiger partial charge in [-0.25, -0.2) is 0 Å². The van der Waals surface area contributed by atoms with Crippen molar-refractivity contribution in [2.75, 3.05) is 26.7 Å². The fourth-order valence-electron chi connectivity index (χ4n) is 1.67. The van der Waals surface area contributed by atoms with Crippen LogP contribution in [0.3, 0.4) is 0 Å². The van der Waals surface area contributed by atoms with Crippen molar-refractivity contribution in [2.45, 2.75) is 32.6 Å². The Hall–Kier alpha value is -1.06. The molecule has 0 spiro atoms. The Morgan fingerprint density at radius 1 is 1.40 bits per heavy atom. The minimum atomic E-state index is 0.0350. The highest BCUT2D eigenvalue weighted by atomic mass is 16.2. The number of carbonyl (C=O) groups is 2. The maximum atomic E-state index is 11.6. The molecule has 0 radical (unpaired) electrons. The molecule has 0 aliphatic carbocycles. The summed E-state index contributed by atoms with van der Waals surface area (Å²) in [4.78, 5) is 26.6. The molecule has 1 fully saturated rings. The predicted octanol–water partition coefficient (Wildman–Crippen LogP) is 0.867. The molecule has 0 saturated carbocycles. The molecule has 1 aliphatic rings. The number of hydrogen-bond acceptors (Lipinski definition) is 2. The average molecular weight is 212 g/mol. The summed E-state index contributed by atoms with van der Waals surface area (Å²) in [6.07, 6.45) is 3.69. The van der Waals surface area contributed by atoms with E-state index in [-0.39, 0.29) is 18.4 Å². The molecule has 1 rings (SSSR count). The summed E-state index contributed by atoms with van der Waals surface area (Å²) in [6.45, 7) is 3.62. The van der Waals surface area contributed by atoms with Crippen molar-refractivity contribution < 1.29 is 9.59 Å². The number of rotatable bonds is 3. The van der Waals surface area contributed by atoms with Crippen LogP contribution in [0.1, 0.15) is 32.6 Å². The Morgan fingerprint density at radius 2 is 2.13 bits per heavy atom. The number of likely N-dealkylation sites (N-methyl/N-ethyl adjacent to an activating group) is 1. The summed E-state index contributed by atoms with van der Waals surface area (Å²) in [5.41, 5.74) is 0. The zero-order chi connectivity index (χ0) is 11.3. The van der Waals surface area contributed by atoms with E-state index < -0.39 is 0 Å². The second kappa shape index (κ2) is 5.73. The monoisotopic (exact) mass is 212 g/mol. The summed E-state index contributed by atoms with van der Waals surface area (Å²) in [5, 5.41) is 0. The first-order valence-corrected chi connectivity index (χ1v) is 5.67. The lowest BCUT2D eigenvalue weighted by Gasteiger charge is -2.23. The molecule has 0 atom stereocenters. The number of nitrogens with zero attached hydrogens (tertiary/aromatic N) is 2. The second-order valence-corrected chi connectivity index (χ2v) is 4.03. The lowest BCUT2D eigenvalue weighted by molar-refractivity contribution is -0.139. The first-order valence-electron chi connectivity index (χ1n) is 5.67. The van der Waals surface area contributed by atoms with Gasteiger partial charge in [0.2, 0.25) is 11.8 Å². The van der Waals surface area contributed by atoms with Gasteiger partial charge in [0.15, 0.2) is 0 Å². The van der Waals surface area contributed by atoms with E-state index in [4.69, 9.17) is 0 Å². The molecule has 0 N–H and O–H groups in total. The van der Waals surface area contributed by atoms with Crippen LogP contribution in [0.2, 0.25) is 0 Å². The molecule has 86 valence electrons. The maximum absolute atomic E-state index is 11.6. The number of amides is 2. The van der Waals surface area contributed by atoms with E-state index >= 15 is 0 Å². The van der Waals surface area contributed by atoms with Crippen LogP contribution < -0.4 is 0 Å². The van der Waals surface area contributed by atoms with Crippen LogP contribution in [-0.4, -0.2) is 48.3 Å². The van der Waals surface area contributed by atoms with Crippen molar-refractivity contribution in [1.82, 2.24) is 9.80 Å². The summed E-state index contributed by atoms with van der Waals surface area (Å²) < 4.78 is 0. The molecule has 4 nitrogen and oxygen atoms in total. The summed E-state index contributed by atoms with van der Waals surface area (Å²) in [5.74, 6) is 0.165. The largest absolute Gasteiger partial charge is 0.345 e. The molecule has 0 bridgehead atoms. The quantitative estimate of drug-likeness (QED) is 0.696. The van der Waals surface area contributed by atoms with Gasteiger partial charge in [0, 0.05) is 26.6 Å². The van der Waals surface area contributed by atoms with E-state index in [0.717, 1.165) is 25.8 Å². The van der Waals surface area contributed by atoms with Gasteiger partial charge in [-0.15, -0.1) is 0 Å².